The second-order valence-corrected chi connectivity index (χ2v) is 6.58. The summed E-state index contributed by atoms with van der Waals surface area (Å²) >= 11 is 0. The molecule has 1 aliphatic carbocycles. The van der Waals surface area contributed by atoms with Gasteiger partial charge in [-0.1, -0.05) is 44.4 Å². The van der Waals surface area contributed by atoms with Crippen molar-refractivity contribution in [3.05, 3.63) is 34.9 Å². The van der Waals surface area contributed by atoms with Crippen molar-refractivity contribution in [3.63, 3.8) is 0 Å². The summed E-state index contributed by atoms with van der Waals surface area (Å²) < 4.78 is 0. The fraction of sp³-hybridized carbons (Fsp3) is 0.667. The SMILES string of the molecule is CCC1CCC(C(Cc2ccc(C)c(C)c2)NN)CC1. The molecule has 0 saturated heterocycles. The molecule has 1 unspecified atom stereocenters. The van der Waals surface area contributed by atoms with Gasteiger partial charge in [-0.25, -0.2) is 0 Å². The van der Waals surface area contributed by atoms with E-state index in [4.69, 9.17) is 5.84 Å². The molecule has 0 radical (unpaired) electrons. The molecular formula is C18H30N2. The average Bonchev–Trinajstić information content (AvgIpc) is 2.48. The lowest BCUT2D eigenvalue weighted by Gasteiger charge is -2.33. The second kappa shape index (κ2) is 7.24. The molecule has 112 valence electrons. The molecule has 0 bridgehead atoms. The first-order valence-electron chi connectivity index (χ1n) is 8.16. The van der Waals surface area contributed by atoms with Gasteiger partial charge in [0, 0.05) is 6.04 Å². The van der Waals surface area contributed by atoms with Gasteiger partial charge in [0.2, 0.25) is 0 Å². The molecule has 1 aromatic carbocycles. The maximum absolute atomic E-state index is 5.84. The molecule has 3 N–H and O–H groups in total. The lowest BCUT2D eigenvalue weighted by molar-refractivity contribution is 0.217. The predicted octanol–water partition coefficient (Wildman–Crippen LogP) is 3.89. The van der Waals surface area contributed by atoms with E-state index < -0.39 is 0 Å². The van der Waals surface area contributed by atoms with Gasteiger partial charge in [-0.3, -0.25) is 11.3 Å². The predicted molar refractivity (Wildman–Crippen MR) is 86.5 cm³/mol. The number of rotatable bonds is 5. The van der Waals surface area contributed by atoms with E-state index in [9.17, 15) is 0 Å². The van der Waals surface area contributed by atoms with Crippen LogP contribution in [0.25, 0.3) is 0 Å². The van der Waals surface area contributed by atoms with Gasteiger partial charge in [0.1, 0.15) is 0 Å². The van der Waals surface area contributed by atoms with Crippen LogP contribution in [0.3, 0.4) is 0 Å². The van der Waals surface area contributed by atoms with Crippen molar-refractivity contribution >= 4 is 0 Å². The Hall–Kier alpha value is -0.860. The Bertz CT molecular complexity index is 419. The summed E-state index contributed by atoms with van der Waals surface area (Å²) in [6.45, 7) is 6.68. The molecule has 2 heteroatoms. The van der Waals surface area contributed by atoms with E-state index in [2.05, 4.69) is 44.4 Å². The highest BCUT2D eigenvalue weighted by Crippen LogP contribution is 2.33. The van der Waals surface area contributed by atoms with Crippen LogP contribution < -0.4 is 11.3 Å². The molecule has 1 fully saturated rings. The number of nitrogens with one attached hydrogen (secondary N) is 1. The number of aryl methyl sites for hydroxylation is 2. The molecule has 2 rings (SSSR count). The van der Waals surface area contributed by atoms with Crippen LogP contribution in [0.1, 0.15) is 55.7 Å². The van der Waals surface area contributed by atoms with Crippen LogP contribution in [0.2, 0.25) is 0 Å². The molecule has 2 nitrogen and oxygen atoms in total. The van der Waals surface area contributed by atoms with Crippen molar-refractivity contribution in [1.82, 2.24) is 5.43 Å². The molecule has 20 heavy (non-hydrogen) atoms. The van der Waals surface area contributed by atoms with Crippen LogP contribution in [0.4, 0.5) is 0 Å². The van der Waals surface area contributed by atoms with Crippen molar-refractivity contribution in [2.75, 3.05) is 0 Å². The van der Waals surface area contributed by atoms with Crippen molar-refractivity contribution in [3.8, 4) is 0 Å². The minimum atomic E-state index is 0.426. The summed E-state index contributed by atoms with van der Waals surface area (Å²) in [4.78, 5) is 0. The maximum Gasteiger partial charge on any atom is 0.0279 e. The van der Waals surface area contributed by atoms with Gasteiger partial charge < -0.3 is 0 Å². The zero-order chi connectivity index (χ0) is 14.5. The number of hydrazine groups is 1. The van der Waals surface area contributed by atoms with Crippen LogP contribution in [0.5, 0.6) is 0 Å². The zero-order valence-corrected chi connectivity index (χ0v) is 13.3. The molecule has 0 heterocycles. The molecular weight excluding hydrogens is 244 g/mol. The first-order chi connectivity index (χ1) is 9.63. The number of hydrogen-bond acceptors (Lipinski definition) is 2. The zero-order valence-electron chi connectivity index (χ0n) is 13.3. The van der Waals surface area contributed by atoms with Gasteiger partial charge in [-0.2, -0.15) is 0 Å². The molecule has 0 spiro atoms. The standard InChI is InChI=1S/C18H30N2/c1-4-15-7-9-17(10-8-15)18(20-19)12-16-6-5-13(2)14(3)11-16/h5-6,11,15,17-18,20H,4,7-10,12,19H2,1-3H3. The lowest BCUT2D eigenvalue weighted by Crippen LogP contribution is -2.43. The Balaban J connectivity index is 1.96. The monoisotopic (exact) mass is 274 g/mol. The summed E-state index contributed by atoms with van der Waals surface area (Å²) in [5.74, 6) is 7.53. The summed E-state index contributed by atoms with van der Waals surface area (Å²) in [7, 11) is 0. The minimum Gasteiger partial charge on any atom is -0.271 e. The van der Waals surface area contributed by atoms with Crippen LogP contribution in [0, 0.1) is 25.7 Å². The van der Waals surface area contributed by atoms with Crippen LogP contribution in [0.15, 0.2) is 18.2 Å². The quantitative estimate of drug-likeness (QED) is 0.631. The van der Waals surface area contributed by atoms with E-state index in [0.29, 0.717) is 6.04 Å². The lowest BCUT2D eigenvalue weighted by atomic mass is 9.76. The first-order valence-corrected chi connectivity index (χ1v) is 8.16. The van der Waals surface area contributed by atoms with Gasteiger partial charge in [-0.05, 0) is 61.6 Å². The van der Waals surface area contributed by atoms with Gasteiger partial charge in [0.15, 0.2) is 0 Å². The highest BCUT2D eigenvalue weighted by molar-refractivity contribution is 5.30. The van der Waals surface area contributed by atoms with E-state index in [-0.39, 0.29) is 0 Å². The summed E-state index contributed by atoms with van der Waals surface area (Å²) in [5.41, 5.74) is 7.25. The van der Waals surface area contributed by atoms with Crippen molar-refractivity contribution in [2.45, 2.75) is 65.3 Å². The molecule has 0 aliphatic heterocycles. The molecule has 1 saturated carbocycles. The van der Waals surface area contributed by atoms with E-state index in [1.54, 1.807) is 0 Å². The number of nitrogens with two attached hydrogens (primary N) is 1. The van der Waals surface area contributed by atoms with Gasteiger partial charge in [0.05, 0.1) is 0 Å². The largest absolute Gasteiger partial charge is 0.271 e. The Labute approximate surface area is 124 Å². The average molecular weight is 274 g/mol. The Morgan fingerprint density at radius 2 is 1.85 bits per heavy atom. The Morgan fingerprint density at radius 1 is 1.15 bits per heavy atom. The van der Waals surface area contributed by atoms with E-state index in [1.165, 1.54) is 48.8 Å². The smallest absolute Gasteiger partial charge is 0.0279 e. The number of hydrogen-bond donors (Lipinski definition) is 2. The summed E-state index contributed by atoms with van der Waals surface area (Å²) in [5, 5.41) is 0. The summed E-state index contributed by atoms with van der Waals surface area (Å²) in [6.07, 6.45) is 7.82. The van der Waals surface area contributed by atoms with Gasteiger partial charge in [0.25, 0.3) is 0 Å². The third kappa shape index (κ3) is 3.83. The molecule has 0 aromatic heterocycles. The molecule has 1 aromatic rings. The Kier molecular flexibility index (Phi) is 5.62. The van der Waals surface area contributed by atoms with E-state index in [1.807, 2.05) is 0 Å². The topological polar surface area (TPSA) is 38.0 Å². The van der Waals surface area contributed by atoms with Crippen molar-refractivity contribution < 1.29 is 0 Å². The van der Waals surface area contributed by atoms with Crippen LogP contribution >= 0.6 is 0 Å². The first kappa shape index (κ1) is 15.5. The summed E-state index contributed by atoms with van der Waals surface area (Å²) in [6, 6.07) is 7.23. The third-order valence-electron chi connectivity index (χ3n) is 5.28. The fourth-order valence-corrected chi connectivity index (χ4v) is 3.54. The Morgan fingerprint density at radius 3 is 2.40 bits per heavy atom. The van der Waals surface area contributed by atoms with Crippen molar-refractivity contribution in [1.29, 1.82) is 0 Å². The van der Waals surface area contributed by atoms with E-state index >= 15 is 0 Å². The van der Waals surface area contributed by atoms with Gasteiger partial charge in [-0.15, -0.1) is 0 Å². The third-order valence-corrected chi connectivity index (χ3v) is 5.28. The molecule has 1 aliphatic rings. The maximum atomic E-state index is 5.84. The van der Waals surface area contributed by atoms with Crippen LogP contribution in [-0.2, 0) is 6.42 Å². The van der Waals surface area contributed by atoms with Gasteiger partial charge >= 0.3 is 0 Å². The highest BCUT2D eigenvalue weighted by atomic mass is 15.2. The highest BCUT2D eigenvalue weighted by Gasteiger charge is 2.26. The number of benzene rings is 1. The minimum absolute atomic E-state index is 0.426. The second-order valence-electron chi connectivity index (χ2n) is 6.58. The van der Waals surface area contributed by atoms with Crippen molar-refractivity contribution in [2.24, 2.45) is 17.7 Å². The molecule has 1 atom stereocenters. The fourth-order valence-electron chi connectivity index (χ4n) is 3.54. The van der Waals surface area contributed by atoms with E-state index in [0.717, 1.165) is 18.3 Å². The normalized spacial score (nSPS) is 24.6. The molecule has 0 amide bonds. The van der Waals surface area contributed by atoms with Crippen LogP contribution in [-0.4, -0.2) is 6.04 Å².